The highest BCUT2D eigenvalue weighted by Crippen LogP contribution is 2.30. The second-order valence-electron chi connectivity index (χ2n) is 3.57. The van der Waals surface area contributed by atoms with Crippen LogP contribution >= 0.6 is 0 Å². The first kappa shape index (κ1) is 12.6. The molecule has 0 amide bonds. The van der Waals surface area contributed by atoms with Crippen LogP contribution in [-0.2, 0) is 0 Å². The summed E-state index contributed by atoms with van der Waals surface area (Å²) in [6.07, 6.45) is 1.52. The molecule has 0 aliphatic carbocycles. The van der Waals surface area contributed by atoms with E-state index in [0.29, 0.717) is 17.3 Å². The summed E-state index contributed by atoms with van der Waals surface area (Å²) in [4.78, 5) is 7.84. The number of hydrogen-bond acceptors (Lipinski definition) is 6. The van der Waals surface area contributed by atoms with Gasteiger partial charge in [-0.15, -0.1) is 0 Å². The van der Waals surface area contributed by atoms with Gasteiger partial charge in [0.05, 0.1) is 19.9 Å². The third-order valence-corrected chi connectivity index (χ3v) is 2.43. The van der Waals surface area contributed by atoms with Crippen LogP contribution < -0.4 is 14.8 Å². The average Bonchev–Trinajstić information content (AvgIpc) is 2.48. The molecule has 0 atom stereocenters. The molecule has 0 aliphatic rings. The number of anilines is 2. The van der Waals surface area contributed by atoms with Crippen LogP contribution in [0, 0.1) is 11.3 Å². The van der Waals surface area contributed by atoms with Crippen molar-refractivity contribution in [2.24, 2.45) is 0 Å². The van der Waals surface area contributed by atoms with Gasteiger partial charge in [-0.1, -0.05) is 0 Å². The normalized spacial score (nSPS) is 9.53. The van der Waals surface area contributed by atoms with Gasteiger partial charge in [0.1, 0.15) is 23.4 Å². The number of hydrogen-bond donors (Lipinski definition) is 1. The predicted molar refractivity (Wildman–Crippen MR) is 69.6 cm³/mol. The Hall–Kier alpha value is -2.81. The zero-order chi connectivity index (χ0) is 13.7. The third kappa shape index (κ3) is 2.90. The van der Waals surface area contributed by atoms with E-state index in [0.717, 1.165) is 5.69 Å². The van der Waals surface area contributed by atoms with Gasteiger partial charge in [-0.05, 0) is 18.2 Å². The molecule has 0 fully saturated rings. The van der Waals surface area contributed by atoms with E-state index >= 15 is 0 Å². The molecule has 0 unspecified atom stereocenters. The zero-order valence-electron chi connectivity index (χ0n) is 10.5. The van der Waals surface area contributed by atoms with Gasteiger partial charge in [0.2, 0.25) is 5.82 Å². The highest BCUT2D eigenvalue weighted by atomic mass is 16.5. The molecule has 2 aromatic rings. The Labute approximate surface area is 110 Å². The lowest BCUT2D eigenvalue weighted by Crippen LogP contribution is -1.99. The molecule has 0 bridgehead atoms. The van der Waals surface area contributed by atoms with Gasteiger partial charge < -0.3 is 14.8 Å². The van der Waals surface area contributed by atoms with Gasteiger partial charge in [-0.25, -0.2) is 9.97 Å². The Bertz CT molecular complexity index is 622. The summed E-state index contributed by atoms with van der Waals surface area (Å²) in [6.45, 7) is 0. The van der Waals surface area contributed by atoms with Crippen LogP contribution in [0.5, 0.6) is 11.5 Å². The Kier molecular flexibility index (Phi) is 3.78. The van der Waals surface area contributed by atoms with E-state index in [4.69, 9.17) is 14.7 Å². The predicted octanol–water partition coefficient (Wildman–Crippen LogP) is 2.11. The van der Waals surface area contributed by atoms with Gasteiger partial charge in [0.25, 0.3) is 0 Å². The van der Waals surface area contributed by atoms with Crippen molar-refractivity contribution in [2.45, 2.75) is 0 Å². The van der Waals surface area contributed by atoms with Crippen LogP contribution in [-0.4, -0.2) is 24.2 Å². The van der Waals surface area contributed by atoms with Gasteiger partial charge in [-0.2, -0.15) is 5.26 Å². The number of methoxy groups -OCH3 is 2. The lowest BCUT2D eigenvalue weighted by Gasteiger charge is -2.11. The highest BCUT2D eigenvalue weighted by Gasteiger charge is 2.06. The van der Waals surface area contributed by atoms with E-state index in [1.54, 1.807) is 32.4 Å². The monoisotopic (exact) mass is 256 g/mol. The number of ether oxygens (including phenoxy) is 2. The Morgan fingerprint density at radius 3 is 2.74 bits per heavy atom. The van der Waals surface area contributed by atoms with Crippen LogP contribution in [0.3, 0.4) is 0 Å². The number of aromatic nitrogens is 2. The largest absolute Gasteiger partial charge is 0.497 e. The van der Waals surface area contributed by atoms with Crippen LogP contribution in [0.4, 0.5) is 11.5 Å². The van der Waals surface area contributed by atoms with Gasteiger partial charge in [0.15, 0.2) is 0 Å². The fourth-order valence-electron chi connectivity index (χ4n) is 1.52. The first-order valence-electron chi connectivity index (χ1n) is 5.49. The van der Waals surface area contributed by atoms with Crippen molar-refractivity contribution < 1.29 is 9.47 Å². The Balaban J connectivity index is 2.30. The SMILES string of the molecule is COc1ccc(Nc2ccnc(C#N)n2)c(OC)c1. The number of nitriles is 1. The van der Waals surface area contributed by atoms with Crippen LogP contribution in [0.2, 0.25) is 0 Å². The molecule has 1 aromatic heterocycles. The van der Waals surface area contributed by atoms with Crippen molar-refractivity contribution in [1.29, 1.82) is 5.26 Å². The lowest BCUT2D eigenvalue weighted by molar-refractivity contribution is 0.395. The molecule has 96 valence electrons. The summed E-state index contributed by atoms with van der Waals surface area (Å²) in [5.74, 6) is 1.95. The fraction of sp³-hybridized carbons (Fsp3) is 0.154. The van der Waals surface area contributed by atoms with E-state index in [1.165, 1.54) is 6.20 Å². The Morgan fingerprint density at radius 2 is 2.05 bits per heavy atom. The summed E-state index contributed by atoms with van der Waals surface area (Å²) in [5.41, 5.74) is 0.728. The quantitative estimate of drug-likeness (QED) is 0.902. The third-order valence-electron chi connectivity index (χ3n) is 2.43. The average molecular weight is 256 g/mol. The molecule has 0 spiro atoms. The van der Waals surface area contributed by atoms with E-state index in [2.05, 4.69) is 15.3 Å². The van der Waals surface area contributed by atoms with E-state index in [1.807, 2.05) is 12.1 Å². The van der Waals surface area contributed by atoms with E-state index in [9.17, 15) is 0 Å². The maximum absolute atomic E-state index is 8.75. The second-order valence-corrected chi connectivity index (χ2v) is 3.57. The number of rotatable bonds is 4. The van der Waals surface area contributed by atoms with Crippen molar-refractivity contribution in [3.8, 4) is 17.6 Å². The topological polar surface area (TPSA) is 80.1 Å². The summed E-state index contributed by atoms with van der Waals surface area (Å²) >= 11 is 0. The van der Waals surface area contributed by atoms with E-state index in [-0.39, 0.29) is 5.82 Å². The minimum Gasteiger partial charge on any atom is -0.497 e. The molecule has 0 saturated carbocycles. The molecule has 0 aliphatic heterocycles. The maximum atomic E-state index is 8.75. The van der Waals surface area contributed by atoms with Crippen molar-refractivity contribution >= 4 is 11.5 Å². The molecule has 1 aromatic carbocycles. The van der Waals surface area contributed by atoms with E-state index < -0.39 is 0 Å². The van der Waals surface area contributed by atoms with Crippen molar-refractivity contribution in [2.75, 3.05) is 19.5 Å². The van der Waals surface area contributed by atoms with Crippen molar-refractivity contribution in [1.82, 2.24) is 9.97 Å². The first-order valence-corrected chi connectivity index (χ1v) is 5.49. The first-order chi connectivity index (χ1) is 9.26. The lowest BCUT2D eigenvalue weighted by atomic mass is 10.2. The molecule has 1 heterocycles. The maximum Gasteiger partial charge on any atom is 0.234 e. The number of nitrogens with one attached hydrogen (secondary N) is 1. The molecule has 0 saturated heterocycles. The molecular formula is C13H12N4O2. The van der Waals surface area contributed by atoms with Gasteiger partial charge >= 0.3 is 0 Å². The minimum atomic E-state index is 0.109. The molecule has 2 rings (SSSR count). The minimum absolute atomic E-state index is 0.109. The molecule has 0 radical (unpaired) electrons. The summed E-state index contributed by atoms with van der Waals surface area (Å²) in [7, 11) is 3.16. The second kappa shape index (κ2) is 5.69. The summed E-state index contributed by atoms with van der Waals surface area (Å²) in [5, 5.41) is 11.8. The standard InChI is InChI=1S/C13H12N4O2/c1-18-9-3-4-10(11(7-9)19-2)16-12-5-6-15-13(8-14)17-12/h3-7H,1-2H3,(H,15,16,17). The van der Waals surface area contributed by atoms with Crippen LogP contribution in [0.25, 0.3) is 0 Å². The highest BCUT2D eigenvalue weighted by molar-refractivity contribution is 5.65. The molecule has 19 heavy (non-hydrogen) atoms. The molecule has 1 N–H and O–H groups in total. The van der Waals surface area contributed by atoms with Gasteiger partial charge in [0, 0.05) is 12.3 Å². The van der Waals surface area contributed by atoms with Crippen molar-refractivity contribution in [3.05, 3.63) is 36.3 Å². The van der Waals surface area contributed by atoms with Gasteiger partial charge in [-0.3, -0.25) is 0 Å². The van der Waals surface area contributed by atoms with Crippen LogP contribution in [0.1, 0.15) is 5.82 Å². The summed E-state index contributed by atoms with van der Waals surface area (Å²) < 4.78 is 10.4. The molecular weight excluding hydrogens is 244 g/mol. The smallest absolute Gasteiger partial charge is 0.234 e. The fourth-order valence-corrected chi connectivity index (χ4v) is 1.52. The van der Waals surface area contributed by atoms with Crippen molar-refractivity contribution in [3.63, 3.8) is 0 Å². The zero-order valence-corrected chi connectivity index (χ0v) is 10.5. The molecule has 6 heteroatoms. The summed E-state index contributed by atoms with van der Waals surface area (Å²) in [6, 6.07) is 8.93. The van der Waals surface area contributed by atoms with Crippen LogP contribution in [0.15, 0.2) is 30.5 Å². The number of benzene rings is 1. The molecule has 6 nitrogen and oxygen atoms in total. The Morgan fingerprint density at radius 1 is 1.21 bits per heavy atom. The number of nitrogens with zero attached hydrogens (tertiary/aromatic N) is 3.